The standard InChI is InChI=1S/C18H18N2O2S/c19-17(14-6-2-1-3-7-14)18(21)20(12-15-8-4-10-22-15)13-16-9-5-11-23-16/h1-11,17H,12-13,19H2/t17-/m1/s1. The summed E-state index contributed by atoms with van der Waals surface area (Å²) in [6.45, 7) is 0.933. The maximum Gasteiger partial charge on any atom is 0.244 e. The van der Waals surface area contributed by atoms with Crippen molar-refractivity contribution in [3.05, 3.63) is 82.4 Å². The largest absolute Gasteiger partial charge is 0.467 e. The monoisotopic (exact) mass is 326 g/mol. The number of hydrogen-bond donors (Lipinski definition) is 1. The molecule has 118 valence electrons. The van der Waals surface area contributed by atoms with E-state index < -0.39 is 6.04 Å². The molecule has 0 aliphatic heterocycles. The minimum atomic E-state index is -0.675. The van der Waals surface area contributed by atoms with Crippen LogP contribution in [0.4, 0.5) is 0 Å². The average Bonchev–Trinajstić information content (AvgIpc) is 3.27. The lowest BCUT2D eigenvalue weighted by molar-refractivity contribution is -0.134. The van der Waals surface area contributed by atoms with Crippen LogP contribution in [-0.4, -0.2) is 10.8 Å². The summed E-state index contributed by atoms with van der Waals surface area (Å²) in [5.74, 6) is 0.635. The van der Waals surface area contributed by atoms with Gasteiger partial charge in [-0.15, -0.1) is 11.3 Å². The molecule has 0 fully saturated rings. The highest BCUT2D eigenvalue weighted by Crippen LogP contribution is 2.19. The lowest BCUT2D eigenvalue weighted by Gasteiger charge is -2.24. The van der Waals surface area contributed by atoms with Gasteiger partial charge in [0.2, 0.25) is 5.91 Å². The molecule has 23 heavy (non-hydrogen) atoms. The first-order valence-corrected chi connectivity index (χ1v) is 8.26. The van der Waals surface area contributed by atoms with E-state index in [1.54, 1.807) is 22.5 Å². The number of carbonyl (C=O) groups is 1. The van der Waals surface area contributed by atoms with E-state index in [1.807, 2.05) is 60.0 Å². The maximum absolute atomic E-state index is 12.9. The average molecular weight is 326 g/mol. The quantitative estimate of drug-likeness (QED) is 0.753. The number of benzene rings is 1. The summed E-state index contributed by atoms with van der Waals surface area (Å²) in [5, 5.41) is 2.00. The van der Waals surface area contributed by atoms with Crippen LogP contribution >= 0.6 is 11.3 Å². The summed E-state index contributed by atoms with van der Waals surface area (Å²) in [7, 11) is 0. The molecule has 2 N–H and O–H groups in total. The van der Waals surface area contributed by atoms with Crippen molar-refractivity contribution in [1.82, 2.24) is 4.90 Å². The van der Waals surface area contributed by atoms with Gasteiger partial charge in [0.05, 0.1) is 19.4 Å². The molecule has 3 aromatic rings. The van der Waals surface area contributed by atoms with Crippen molar-refractivity contribution >= 4 is 17.2 Å². The van der Waals surface area contributed by atoms with Crippen molar-refractivity contribution in [3.8, 4) is 0 Å². The summed E-state index contributed by atoms with van der Waals surface area (Å²) in [5.41, 5.74) is 6.99. The van der Waals surface area contributed by atoms with E-state index in [1.165, 1.54) is 0 Å². The molecule has 1 amide bonds. The van der Waals surface area contributed by atoms with Crippen molar-refractivity contribution in [2.45, 2.75) is 19.1 Å². The molecule has 0 saturated carbocycles. The van der Waals surface area contributed by atoms with Crippen LogP contribution in [0.1, 0.15) is 22.2 Å². The van der Waals surface area contributed by atoms with Crippen LogP contribution in [0.3, 0.4) is 0 Å². The second kappa shape index (κ2) is 7.26. The Bertz CT molecular complexity index is 687. The van der Waals surface area contributed by atoms with Crippen LogP contribution in [0, 0.1) is 0 Å². The molecule has 0 unspecified atom stereocenters. The third-order valence-electron chi connectivity index (χ3n) is 3.59. The fourth-order valence-electron chi connectivity index (χ4n) is 2.39. The van der Waals surface area contributed by atoms with E-state index in [9.17, 15) is 4.79 Å². The van der Waals surface area contributed by atoms with Crippen LogP contribution in [0.15, 0.2) is 70.7 Å². The normalized spacial score (nSPS) is 12.0. The van der Waals surface area contributed by atoms with Gasteiger partial charge in [-0.2, -0.15) is 0 Å². The number of nitrogens with zero attached hydrogens (tertiary/aromatic N) is 1. The molecule has 0 spiro atoms. The Kier molecular flexibility index (Phi) is 4.90. The van der Waals surface area contributed by atoms with E-state index in [0.717, 1.165) is 16.2 Å². The highest BCUT2D eigenvalue weighted by Gasteiger charge is 2.23. The minimum Gasteiger partial charge on any atom is -0.467 e. The SMILES string of the molecule is N[C@@H](C(=O)N(Cc1ccco1)Cc1cccs1)c1ccccc1. The van der Waals surface area contributed by atoms with Crippen LogP contribution in [0.2, 0.25) is 0 Å². The first-order valence-electron chi connectivity index (χ1n) is 7.38. The fraction of sp³-hybridized carbons (Fsp3) is 0.167. The van der Waals surface area contributed by atoms with Gasteiger partial charge < -0.3 is 15.1 Å². The second-order valence-electron chi connectivity index (χ2n) is 5.24. The van der Waals surface area contributed by atoms with E-state index >= 15 is 0 Å². The number of rotatable bonds is 6. The Morgan fingerprint density at radius 3 is 2.57 bits per heavy atom. The van der Waals surface area contributed by atoms with Crippen LogP contribution < -0.4 is 5.73 Å². The number of carbonyl (C=O) groups excluding carboxylic acids is 1. The van der Waals surface area contributed by atoms with E-state index in [4.69, 9.17) is 10.2 Å². The lowest BCUT2D eigenvalue weighted by Crippen LogP contribution is -2.37. The second-order valence-corrected chi connectivity index (χ2v) is 6.27. The predicted octanol–water partition coefficient (Wildman–Crippen LogP) is 3.57. The summed E-state index contributed by atoms with van der Waals surface area (Å²) < 4.78 is 5.39. The molecule has 3 rings (SSSR count). The van der Waals surface area contributed by atoms with Gasteiger partial charge in [-0.1, -0.05) is 36.4 Å². The first-order chi connectivity index (χ1) is 11.2. The summed E-state index contributed by atoms with van der Waals surface area (Å²) >= 11 is 1.62. The predicted molar refractivity (Wildman–Crippen MR) is 90.7 cm³/mol. The van der Waals surface area contributed by atoms with Gasteiger partial charge in [-0.3, -0.25) is 4.79 Å². The molecule has 1 atom stereocenters. The van der Waals surface area contributed by atoms with Gasteiger partial charge in [0, 0.05) is 4.88 Å². The van der Waals surface area contributed by atoms with Crippen molar-refractivity contribution in [2.75, 3.05) is 0 Å². The number of thiophene rings is 1. The Balaban J connectivity index is 1.80. The van der Waals surface area contributed by atoms with Crippen molar-refractivity contribution in [1.29, 1.82) is 0 Å². The Morgan fingerprint density at radius 1 is 1.09 bits per heavy atom. The van der Waals surface area contributed by atoms with Gasteiger partial charge >= 0.3 is 0 Å². The molecule has 0 saturated heterocycles. The van der Waals surface area contributed by atoms with Gasteiger partial charge in [0.15, 0.2) is 0 Å². The Hall–Kier alpha value is -2.37. The highest BCUT2D eigenvalue weighted by atomic mass is 32.1. The Morgan fingerprint density at radius 2 is 1.91 bits per heavy atom. The van der Waals surface area contributed by atoms with E-state index in [-0.39, 0.29) is 5.91 Å². The summed E-state index contributed by atoms with van der Waals surface area (Å²) in [6.07, 6.45) is 1.61. The zero-order chi connectivity index (χ0) is 16.1. The molecule has 2 aromatic heterocycles. The van der Waals surface area contributed by atoms with Crippen LogP contribution in [0.25, 0.3) is 0 Å². The topological polar surface area (TPSA) is 59.5 Å². The van der Waals surface area contributed by atoms with E-state index in [0.29, 0.717) is 13.1 Å². The molecule has 0 aliphatic carbocycles. The third-order valence-corrected chi connectivity index (χ3v) is 4.45. The molecular formula is C18H18N2O2S. The van der Waals surface area contributed by atoms with Crippen LogP contribution in [-0.2, 0) is 17.9 Å². The maximum atomic E-state index is 12.9. The van der Waals surface area contributed by atoms with E-state index in [2.05, 4.69) is 0 Å². The number of furan rings is 1. The lowest BCUT2D eigenvalue weighted by atomic mass is 10.1. The summed E-state index contributed by atoms with van der Waals surface area (Å²) in [4.78, 5) is 15.7. The van der Waals surface area contributed by atoms with Crippen molar-refractivity contribution in [3.63, 3.8) is 0 Å². The smallest absolute Gasteiger partial charge is 0.244 e. The zero-order valence-electron chi connectivity index (χ0n) is 12.6. The number of amides is 1. The van der Waals surface area contributed by atoms with Gasteiger partial charge in [-0.25, -0.2) is 0 Å². The minimum absolute atomic E-state index is 0.110. The molecular weight excluding hydrogens is 308 g/mol. The van der Waals surface area contributed by atoms with Gasteiger partial charge in [-0.05, 0) is 29.1 Å². The zero-order valence-corrected chi connectivity index (χ0v) is 13.4. The molecule has 2 heterocycles. The van der Waals surface area contributed by atoms with Crippen molar-refractivity contribution < 1.29 is 9.21 Å². The van der Waals surface area contributed by atoms with Crippen molar-refractivity contribution in [2.24, 2.45) is 5.73 Å². The van der Waals surface area contributed by atoms with Gasteiger partial charge in [0.25, 0.3) is 0 Å². The van der Waals surface area contributed by atoms with Gasteiger partial charge in [0.1, 0.15) is 11.8 Å². The first kappa shape index (κ1) is 15.5. The Labute approximate surface area is 139 Å². The molecule has 0 bridgehead atoms. The fourth-order valence-corrected chi connectivity index (χ4v) is 3.11. The molecule has 5 heteroatoms. The molecule has 4 nitrogen and oxygen atoms in total. The number of nitrogens with two attached hydrogens (primary N) is 1. The molecule has 0 aliphatic rings. The van der Waals surface area contributed by atoms with Crippen LogP contribution in [0.5, 0.6) is 0 Å². The molecule has 0 radical (unpaired) electrons. The third kappa shape index (κ3) is 3.88. The highest BCUT2D eigenvalue weighted by molar-refractivity contribution is 7.09. The molecule has 1 aromatic carbocycles. The number of hydrogen-bond acceptors (Lipinski definition) is 4. The summed E-state index contributed by atoms with van der Waals surface area (Å²) in [6, 6.07) is 16.4.